The lowest BCUT2D eigenvalue weighted by Gasteiger charge is -2.31. The van der Waals surface area contributed by atoms with Gasteiger partial charge < -0.3 is 15.5 Å². The Labute approximate surface area is 128 Å². The minimum atomic E-state index is 0.666. The Morgan fingerprint density at radius 1 is 1.29 bits per heavy atom. The van der Waals surface area contributed by atoms with Gasteiger partial charge in [0.25, 0.3) is 0 Å². The van der Waals surface area contributed by atoms with Crippen molar-refractivity contribution >= 4 is 5.96 Å². The Hall–Kier alpha value is -1.55. The minimum Gasteiger partial charge on any atom is -0.370 e. The summed E-state index contributed by atoms with van der Waals surface area (Å²) in [5.74, 6) is 1.51. The molecule has 1 fully saturated rings. The summed E-state index contributed by atoms with van der Waals surface area (Å²) in [6.07, 6.45) is 2.43. The Kier molecular flexibility index (Phi) is 5.62. The number of hydrogen-bond acceptors (Lipinski definition) is 2. The van der Waals surface area contributed by atoms with E-state index >= 15 is 0 Å². The van der Waals surface area contributed by atoms with Gasteiger partial charge in [0.2, 0.25) is 0 Å². The van der Waals surface area contributed by atoms with E-state index in [0.29, 0.717) is 12.5 Å². The molecule has 0 atom stereocenters. The van der Waals surface area contributed by atoms with Crippen molar-refractivity contribution in [3.63, 3.8) is 0 Å². The van der Waals surface area contributed by atoms with E-state index in [4.69, 9.17) is 5.73 Å². The van der Waals surface area contributed by atoms with Crippen LogP contribution in [0.15, 0.2) is 29.3 Å². The van der Waals surface area contributed by atoms with Gasteiger partial charge in [-0.05, 0) is 44.0 Å². The molecule has 116 valence electrons. The monoisotopic (exact) mass is 288 g/mol. The molecule has 0 saturated carbocycles. The van der Waals surface area contributed by atoms with Gasteiger partial charge >= 0.3 is 0 Å². The molecule has 1 heterocycles. The maximum Gasteiger partial charge on any atom is 0.191 e. The predicted molar refractivity (Wildman–Crippen MR) is 89.1 cm³/mol. The van der Waals surface area contributed by atoms with Gasteiger partial charge in [-0.3, -0.25) is 0 Å². The Bertz CT molecular complexity index is 473. The fourth-order valence-corrected chi connectivity index (χ4v) is 2.70. The Morgan fingerprint density at radius 2 is 1.95 bits per heavy atom. The maximum atomic E-state index is 6.13. The molecule has 1 saturated heterocycles. The summed E-state index contributed by atoms with van der Waals surface area (Å²) in [5.41, 5.74) is 8.67. The van der Waals surface area contributed by atoms with Crippen LogP contribution in [0.25, 0.3) is 0 Å². The number of aliphatic imine (C=N–C) groups is 1. The van der Waals surface area contributed by atoms with E-state index < -0.39 is 0 Å². The second kappa shape index (κ2) is 7.46. The number of piperidine rings is 1. The molecule has 1 aliphatic heterocycles. The van der Waals surface area contributed by atoms with E-state index in [-0.39, 0.29) is 0 Å². The van der Waals surface area contributed by atoms with Gasteiger partial charge in [0.15, 0.2) is 5.96 Å². The number of rotatable bonds is 4. The van der Waals surface area contributed by atoms with Gasteiger partial charge in [0.05, 0.1) is 6.54 Å². The SMILES string of the molecule is CC1CCN(C(N)=NCc2cccc(CN(C)C)c2)CC1. The van der Waals surface area contributed by atoms with Crippen molar-refractivity contribution in [2.75, 3.05) is 27.2 Å². The summed E-state index contributed by atoms with van der Waals surface area (Å²) in [5, 5.41) is 0. The molecule has 2 N–H and O–H groups in total. The number of guanidine groups is 1. The lowest BCUT2D eigenvalue weighted by atomic mass is 10.00. The standard InChI is InChI=1S/C17H28N4/c1-14-7-9-21(10-8-14)17(18)19-12-15-5-4-6-16(11-15)13-20(2)3/h4-6,11,14H,7-10,12-13H2,1-3H3,(H2,18,19). The molecule has 0 bridgehead atoms. The topological polar surface area (TPSA) is 44.9 Å². The highest BCUT2D eigenvalue weighted by atomic mass is 15.3. The summed E-state index contributed by atoms with van der Waals surface area (Å²) in [6.45, 7) is 6.01. The largest absolute Gasteiger partial charge is 0.370 e. The summed E-state index contributed by atoms with van der Waals surface area (Å²) in [7, 11) is 4.17. The number of hydrogen-bond donors (Lipinski definition) is 1. The summed E-state index contributed by atoms with van der Waals surface area (Å²) < 4.78 is 0. The van der Waals surface area contributed by atoms with E-state index in [1.54, 1.807) is 0 Å². The third kappa shape index (κ3) is 5.05. The molecular formula is C17H28N4. The smallest absolute Gasteiger partial charge is 0.191 e. The van der Waals surface area contributed by atoms with Crippen molar-refractivity contribution in [2.24, 2.45) is 16.6 Å². The van der Waals surface area contributed by atoms with Crippen molar-refractivity contribution in [1.82, 2.24) is 9.80 Å². The normalized spacial score (nSPS) is 17.5. The molecule has 4 nitrogen and oxygen atoms in total. The minimum absolute atomic E-state index is 0.666. The Morgan fingerprint density at radius 3 is 2.62 bits per heavy atom. The molecule has 1 aromatic rings. The zero-order valence-corrected chi connectivity index (χ0v) is 13.5. The number of likely N-dealkylation sites (tertiary alicyclic amines) is 1. The van der Waals surface area contributed by atoms with E-state index in [1.807, 2.05) is 0 Å². The van der Waals surface area contributed by atoms with Crippen LogP contribution in [0.2, 0.25) is 0 Å². The van der Waals surface area contributed by atoms with Gasteiger partial charge in [-0.15, -0.1) is 0 Å². The van der Waals surface area contributed by atoms with Gasteiger partial charge in [0, 0.05) is 19.6 Å². The molecule has 0 unspecified atom stereocenters. The average molecular weight is 288 g/mol. The van der Waals surface area contributed by atoms with Crippen LogP contribution >= 0.6 is 0 Å². The van der Waals surface area contributed by atoms with Crippen molar-refractivity contribution in [1.29, 1.82) is 0 Å². The average Bonchev–Trinajstić information content (AvgIpc) is 2.45. The van der Waals surface area contributed by atoms with Gasteiger partial charge in [-0.2, -0.15) is 0 Å². The van der Waals surface area contributed by atoms with E-state index in [2.05, 4.69) is 60.1 Å². The molecule has 1 aliphatic rings. The first-order valence-corrected chi connectivity index (χ1v) is 7.82. The number of nitrogens with zero attached hydrogens (tertiary/aromatic N) is 3. The fourth-order valence-electron chi connectivity index (χ4n) is 2.70. The van der Waals surface area contributed by atoms with E-state index in [0.717, 1.165) is 25.6 Å². The van der Waals surface area contributed by atoms with E-state index in [1.165, 1.54) is 24.0 Å². The van der Waals surface area contributed by atoms with Gasteiger partial charge in [-0.1, -0.05) is 31.2 Å². The number of nitrogens with two attached hydrogens (primary N) is 1. The third-order valence-corrected chi connectivity index (χ3v) is 4.02. The molecule has 4 heteroatoms. The van der Waals surface area contributed by atoms with Crippen LogP contribution in [0.1, 0.15) is 30.9 Å². The van der Waals surface area contributed by atoms with E-state index in [9.17, 15) is 0 Å². The highest BCUT2D eigenvalue weighted by Gasteiger charge is 2.16. The van der Waals surface area contributed by atoms with Crippen molar-refractivity contribution in [2.45, 2.75) is 32.9 Å². The second-order valence-corrected chi connectivity index (χ2v) is 6.40. The summed E-state index contributed by atoms with van der Waals surface area (Å²) in [6, 6.07) is 8.59. The van der Waals surface area contributed by atoms with Crippen LogP contribution in [0, 0.1) is 5.92 Å². The highest BCUT2D eigenvalue weighted by molar-refractivity contribution is 5.78. The summed E-state index contributed by atoms with van der Waals surface area (Å²) in [4.78, 5) is 8.95. The molecule has 0 spiro atoms. The molecule has 0 radical (unpaired) electrons. The Balaban J connectivity index is 1.93. The van der Waals surface area contributed by atoms with Crippen molar-refractivity contribution < 1.29 is 0 Å². The van der Waals surface area contributed by atoms with Crippen LogP contribution in [-0.2, 0) is 13.1 Å². The lowest BCUT2D eigenvalue weighted by molar-refractivity contribution is 0.277. The van der Waals surface area contributed by atoms with Crippen LogP contribution in [0.3, 0.4) is 0 Å². The first-order valence-electron chi connectivity index (χ1n) is 7.82. The zero-order chi connectivity index (χ0) is 15.2. The predicted octanol–water partition coefficient (Wildman–Crippen LogP) is 2.29. The maximum absolute atomic E-state index is 6.13. The fraction of sp³-hybridized carbons (Fsp3) is 0.588. The van der Waals surface area contributed by atoms with Crippen molar-refractivity contribution in [3.8, 4) is 0 Å². The van der Waals surface area contributed by atoms with Gasteiger partial charge in [-0.25, -0.2) is 4.99 Å². The van der Waals surface area contributed by atoms with Crippen LogP contribution in [-0.4, -0.2) is 42.9 Å². The first-order chi connectivity index (χ1) is 10.0. The van der Waals surface area contributed by atoms with Crippen LogP contribution in [0.4, 0.5) is 0 Å². The molecule has 0 amide bonds. The molecule has 0 aromatic heterocycles. The van der Waals surface area contributed by atoms with Crippen LogP contribution in [0.5, 0.6) is 0 Å². The zero-order valence-electron chi connectivity index (χ0n) is 13.5. The molecule has 0 aliphatic carbocycles. The summed E-state index contributed by atoms with van der Waals surface area (Å²) >= 11 is 0. The van der Waals surface area contributed by atoms with Gasteiger partial charge in [0.1, 0.15) is 0 Å². The molecule has 21 heavy (non-hydrogen) atoms. The second-order valence-electron chi connectivity index (χ2n) is 6.40. The third-order valence-electron chi connectivity index (χ3n) is 4.02. The lowest BCUT2D eigenvalue weighted by Crippen LogP contribution is -2.42. The quantitative estimate of drug-likeness (QED) is 0.683. The van der Waals surface area contributed by atoms with Crippen LogP contribution < -0.4 is 5.73 Å². The molecule has 1 aromatic carbocycles. The highest BCUT2D eigenvalue weighted by Crippen LogP contribution is 2.16. The first kappa shape index (κ1) is 15.8. The number of benzene rings is 1. The van der Waals surface area contributed by atoms with Crippen molar-refractivity contribution in [3.05, 3.63) is 35.4 Å². The molecular weight excluding hydrogens is 260 g/mol. The molecule has 2 rings (SSSR count).